The van der Waals surface area contributed by atoms with Crippen molar-refractivity contribution in [3.8, 4) is 0 Å². The fourth-order valence-corrected chi connectivity index (χ4v) is 4.10. The Balaban J connectivity index is 0.00000363. The first-order valence-corrected chi connectivity index (χ1v) is 12.3. The minimum absolute atomic E-state index is 0. The van der Waals surface area contributed by atoms with Crippen molar-refractivity contribution >= 4 is 50.8 Å². The molecule has 0 aliphatic rings. The molecule has 0 saturated heterocycles. The molecular weight excluding hydrogens is 544 g/mol. The van der Waals surface area contributed by atoms with Crippen molar-refractivity contribution in [2.45, 2.75) is 32.1 Å². The van der Waals surface area contributed by atoms with E-state index in [-0.39, 0.29) is 36.3 Å². The molecule has 3 rings (SSSR count). The van der Waals surface area contributed by atoms with Crippen LogP contribution in [0.2, 0.25) is 0 Å². The highest BCUT2D eigenvalue weighted by atomic mass is 127. The third kappa shape index (κ3) is 8.05. The van der Waals surface area contributed by atoms with E-state index in [1.54, 1.807) is 0 Å². The van der Waals surface area contributed by atoms with Gasteiger partial charge in [0.2, 0.25) is 0 Å². The Morgan fingerprint density at radius 1 is 1.16 bits per heavy atom. The molecule has 0 aliphatic carbocycles. The Hall–Kier alpha value is -2.21. The van der Waals surface area contributed by atoms with Gasteiger partial charge in [0.1, 0.15) is 11.6 Å². The number of aryl methyl sites for hydroxylation is 1. The maximum absolute atomic E-state index is 13.7. The van der Waals surface area contributed by atoms with Crippen LogP contribution in [0.15, 0.2) is 47.5 Å². The molecule has 0 atom stereocenters. The SMILES string of the molecule is CCNC(=NCc1cc(F)ccc1CS(C)(=O)=O)NCCCc1nc2ccccc2[nH]1.I. The Kier molecular flexibility index (Phi) is 9.88. The van der Waals surface area contributed by atoms with E-state index in [0.717, 1.165) is 36.0 Å². The number of aromatic amines is 1. The van der Waals surface area contributed by atoms with Gasteiger partial charge in [-0.3, -0.25) is 0 Å². The van der Waals surface area contributed by atoms with E-state index in [1.807, 2.05) is 31.2 Å². The third-order valence-corrected chi connectivity index (χ3v) is 5.49. The standard InChI is InChI=1S/C22H28FN5O2S.HI/c1-3-24-22(25-12-6-9-21-27-19-7-4-5-8-20(19)28-21)26-14-17-13-18(23)11-10-16(17)15-31(2,29)30;/h4-5,7-8,10-11,13H,3,6,9,12,14-15H2,1-2H3,(H,27,28)(H2,24,25,26);1H. The molecule has 32 heavy (non-hydrogen) atoms. The Labute approximate surface area is 205 Å². The summed E-state index contributed by atoms with van der Waals surface area (Å²) in [6.07, 6.45) is 2.81. The van der Waals surface area contributed by atoms with Gasteiger partial charge in [-0.05, 0) is 48.7 Å². The van der Waals surface area contributed by atoms with Gasteiger partial charge in [0.25, 0.3) is 0 Å². The van der Waals surface area contributed by atoms with Crippen LogP contribution in [0, 0.1) is 5.82 Å². The highest BCUT2D eigenvalue weighted by molar-refractivity contribution is 14.0. The Morgan fingerprint density at radius 2 is 1.94 bits per heavy atom. The number of sulfone groups is 1. The molecule has 0 saturated carbocycles. The molecule has 3 N–H and O–H groups in total. The van der Waals surface area contributed by atoms with Crippen molar-refractivity contribution in [3.05, 3.63) is 65.2 Å². The van der Waals surface area contributed by atoms with Crippen LogP contribution in [0.4, 0.5) is 4.39 Å². The fraction of sp³-hybridized carbons (Fsp3) is 0.364. The van der Waals surface area contributed by atoms with E-state index in [1.165, 1.54) is 18.2 Å². The maximum atomic E-state index is 13.7. The molecule has 2 aromatic carbocycles. The Bertz CT molecular complexity index is 1130. The molecule has 10 heteroatoms. The van der Waals surface area contributed by atoms with Crippen molar-refractivity contribution in [3.63, 3.8) is 0 Å². The van der Waals surface area contributed by atoms with Gasteiger partial charge < -0.3 is 15.6 Å². The zero-order valence-electron chi connectivity index (χ0n) is 18.2. The number of imidazole rings is 1. The van der Waals surface area contributed by atoms with Crippen LogP contribution in [0.5, 0.6) is 0 Å². The summed E-state index contributed by atoms with van der Waals surface area (Å²) in [4.78, 5) is 12.4. The molecule has 174 valence electrons. The Morgan fingerprint density at radius 3 is 2.66 bits per heavy atom. The summed E-state index contributed by atoms with van der Waals surface area (Å²) in [5, 5.41) is 6.42. The zero-order valence-corrected chi connectivity index (χ0v) is 21.3. The van der Waals surface area contributed by atoms with Crippen molar-refractivity contribution in [1.82, 2.24) is 20.6 Å². The molecule has 0 radical (unpaired) electrons. The van der Waals surface area contributed by atoms with Gasteiger partial charge in [-0.1, -0.05) is 18.2 Å². The summed E-state index contributed by atoms with van der Waals surface area (Å²) in [6, 6.07) is 12.1. The number of para-hydroxylation sites is 2. The van der Waals surface area contributed by atoms with E-state index in [2.05, 4.69) is 25.6 Å². The van der Waals surface area contributed by atoms with Crippen LogP contribution in [0.25, 0.3) is 11.0 Å². The summed E-state index contributed by atoms with van der Waals surface area (Å²) in [5.41, 5.74) is 3.11. The van der Waals surface area contributed by atoms with Crippen LogP contribution in [0.1, 0.15) is 30.3 Å². The minimum atomic E-state index is -3.23. The summed E-state index contributed by atoms with van der Waals surface area (Å²) in [5.74, 6) is 0.989. The number of guanidine groups is 1. The van der Waals surface area contributed by atoms with Gasteiger partial charge in [-0.2, -0.15) is 0 Å². The predicted molar refractivity (Wildman–Crippen MR) is 138 cm³/mol. The van der Waals surface area contributed by atoms with E-state index in [0.29, 0.717) is 30.2 Å². The summed E-state index contributed by atoms with van der Waals surface area (Å²) < 4.78 is 37.0. The number of H-pyrrole nitrogens is 1. The van der Waals surface area contributed by atoms with E-state index >= 15 is 0 Å². The molecule has 1 aromatic heterocycles. The maximum Gasteiger partial charge on any atom is 0.191 e. The lowest BCUT2D eigenvalue weighted by Gasteiger charge is -2.12. The van der Waals surface area contributed by atoms with Gasteiger partial charge >= 0.3 is 0 Å². The first-order valence-electron chi connectivity index (χ1n) is 10.2. The molecule has 0 amide bonds. The molecule has 1 heterocycles. The van der Waals surface area contributed by atoms with E-state index < -0.39 is 15.7 Å². The second-order valence-electron chi connectivity index (χ2n) is 7.41. The molecule has 0 bridgehead atoms. The lowest BCUT2D eigenvalue weighted by molar-refractivity contribution is 0.600. The smallest absolute Gasteiger partial charge is 0.191 e. The van der Waals surface area contributed by atoms with Crippen molar-refractivity contribution < 1.29 is 12.8 Å². The fourth-order valence-electron chi connectivity index (χ4n) is 3.26. The number of aliphatic imine (C=N–C) groups is 1. The number of fused-ring (bicyclic) bond motifs is 1. The number of nitrogens with one attached hydrogen (secondary N) is 3. The lowest BCUT2D eigenvalue weighted by Crippen LogP contribution is -2.37. The van der Waals surface area contributed by atoms with Gasteiger partial charge in [0, 0.05) is 25.8 Å². The monoisotopic (exact) mass is 573 g/mol. The van der Waals surface area contributed by atoms with Crippen molar-refractivity contribution in [2.75, 3.05) is 19.3 Å². The van der Waals surface area contributed by atoms with E-state index in [9.17, 15) is 12.8 Å². The molecule has 0 aliphatic heterocycles. The lowest BCUT2D eigenvalue weighted by atomic mass is 10.1. The van der Waals surface area contributed by atoms with Gasteiger partial charge in [-0.25, -0.2) is 22.8 Å². The van der Waals surface area contributed by atoms with Gasteiger partial charge in [0.15, 0.2) is 15.8 Å². The van der Waals surface area contributed by atoms with Gasteiger partial charge in [0.05, 0.1) is 23.3 Å². The number of aromatic nitrogens is 2. The first-order chi connectivity index (χ1) is 14.8. The van der Waals surface area contributed by atoms with Crippen LogP contribution in [-0.4, -0.2) is 43.7 Å². The van der Waals surface area contributed by atoms with Crippen LogP contribution < -0.4 is 10.6 Å². The summed E-state index contributed by atoms with van der Waals surface area (Å²) >= 11 is 0. The van der Waals surface area contributed by atoms with Crippen LogP contribution in [-0.2, 0) is 28.6 Å². The second kappa shape index (κ2) is 12.1. The molecule has 0 fully saturated rings. The molecule has 3 aromatic rings. The van der Waals surface area contributed by atoms with Crippen molar-refractivity contribution in [1.29, 1.82) is 0 Å². The number of hydrogen-bond donors (Lipinski definition) is 3. The number of rotatable bonds is 9. The minimum Gasteiger partial charge on any atom is -0.357 e. The van der Waals surface area contributed by atoms with Crippen LogP contribution >= 0.6 is 24.0 Å². The highest BCUT2D eigenvalue weighted by Crippen LogP contribution is 2.16. The topological polar surface area (TPSA) is 99.2 Å². The molecular formula is C22H29FIN5O2S. The quantitative estimate of drug-likeness (QED) is 0.158. The first kappa shape index (κ1) is 26.0. The predicted octanol–water partition coefficient (Wildman–Crippen LogP) is 3.55. The largest absolute Gasteiger partial charge is 0.357 e. The summed E-state index contributed by atoms with van der Waals surface area (Å²) in [7, 11) is -3.23. The molecule has 0 spiro atoms. The summed E-state index contributed by atoms with van der Waals surface area (Å²) in [6.45, 7) is 3.50. The normalized spacial score (nSPS) is 11.9. The average molecular weight is 573 g/mol. The highest BCUT2D eigenvalue weighted by Gasteiger charge is 2.11. The number of benzene rings is 2. The molecule has 0 unspecified atom stereocenters. The third-order valence-electron chi connectivity index (χ3n) is 4.66. The molecule has 7 nitrogen and oxygen atoms in total. The van der Waals surface area contributed by atoms with Crippen molar-refractivity contribution in [2.24, 2.45) is 4.99 Å². The van der Waals surface area contributed by atoms with Crippen LogP contribution in [0.3, 0.4) is 0 Å². The second-order valence-corrected chi connectivity index (χ2v) is 9.55. The number of nitrogens with zero attached hydrogens (tertiary/aromatic N) is 2. The zero-order chi connectivity index (χ0) is 22.3. The van der Waals surface area contributed by atoms with E-state index in [4.69, 9.17) is 0 Å². The number of halogens is 2. The average Bonchev–Trinajstić information content (AvgIpc) is 3.13. The van der Waals surface area contributed by atoms with Gasteiger partial charge in [-0.15, -0.1) is 24.0 Å². The number of hydrogen-bond acceptors (Lipinski definition) is 4.